The number of nitrogens with one attached hydrogen (secondary N) is 3. The minimum Gasteiger partial charge on any atom is -0.488 e. The van der Waals surface area contributed by atoms with E-state index in [4.69, 9.17) is 4.74 Å². The zero-order chi connectivity index (χ0) is 21.4. The third-order valence-corrected chi connectivity index (χ3v) is 7.09. The minimum atomic E-state index is -0.261. The summed E-state index contributed by atoms with van der Waals surface area (Å²) in [6.07, 6.45) is 4.40. The fraction of sp³-hybridized carbons (Fsp3) is 0.308. The number of halogens is 2. The zero-order valence-electron chi connectivity index (χ0n) is 17.5. The van der Waals surface area contributed by atoms with E-state index in [0.717, 1.165) is 81.6 Å². The Bertz CT molecular complexity index is 1430. The van der Waals surface area contributed by atoms with Crippen LogP contribution in [0, 0.1) is 11.6 Å². The van der Waals surface area contributed by atoms with Crippen molar-refractivity contribution in [3.8, 4) is 5.75 Å². The highest BCUT2D eigenvalue weighted by atomic mass is 19.1. The van der Waals surface area contributed by atoms with Crippen LogP contribution in [0.1, 0.15) is 37.2 Å². The summed E-state index contributed by atoms with van der Waals surface area (Å²) >= 11 is 0. The Morgan fingerprint density at radius 3 is 2.00 bits per heavy atom. The molecule has 1 unspecified atom stereocenters. The maximum absolute atomic E-state index is 14.3. The van der Waals surface area contributed by atoms with Gasteiger partial charge >= 0.3 is 0 Å². The molecule has 6 heteroatoms. The van der Waals surface area contributed by atoms with Crippen molar-refractivity contribution in [2.45, 2.75) is 37.6 Å². The predicted molar refractivity (Wildman–Crippen MR) is 124 cm³/mol. The molecule has 0 amide bonds. The Kier molecular flexibility index (Phi) is 3.86. The first-order valence-electron chi connectivity index (χ1n) is 11.4. The van der Waals surface area contributed by atoms with Crippen LogP contribution < -0.4 is 10.1 Å². The molecule has 2 aliphatic rings. The summed E-state index contributed by atoms with van der Waals surface area (Å²) < 4.78 is 35.1. The molecule has 3 heterocycles. The fourth-order valence-corrected chi connectivity index (χ4v) is 5.49. The van der Waals surface area contributed by atoms with E-state index in [9.17, 15) is 8.78 Å². The normalized spacial score (nSPS) is 19.1. The van der Waals surface area contributed by atoms with Crippen molar-refractivity contribution < 1.29 is 13.5 Å². The predicted octanol–water partition coefficient (Wildman–Crippen LogP) is 6.24. The topological polar surface area (TPSA) is 52.8 Å². The van der Waals surface area contributed by atoms with Crippen LogP contribution in [0.4, 0.5) is 8.78 Å². The van der Waals surface area contributed by atoms with Gasteiger partial charge in [-0.15, -0.1) is 0 Å². The molecule has 2 fully saturated rings. The summed E-state index contributed by atoms with van der Waals surface area (Å²) in [6.45, 7) is 1.57. The summed E-state index contributed by atoms with van der Waals surface area (Å²) in [5.74, 6) is 0.599. The highest BCUT2D eigenvalue weighted by molar-refractivity contribution is 6.23. The lowest BCUT2D eigenvalue weighted by Crippen LogP contribution is -2.28. The average Bonchev–Trinajstić information content (AvgIpc) is 3.18. The monoisotopic (exact) mass is 431 g/mol. The molecule has 7 rings (SSSR count). The Morgan fingerprint density at radius 2 is 1.47 bits per heavy atom. The SMILES string of the molecule is Fc1ccc2[nH]c3c(OCC4CCCN4)c4[nH]c5ccc(F)cc5c4c(C4CC4)c3c2c1. The number of benzene rings is 3. The number of hydrogen-bond acceptors (Lipinski definition) is 2. The number of aromatic amines is 2. The van der Waals surface area contributed by atoms with Crippen LogP contribution >= 0.6 is 0 Å². The van der Waals surface area contributed by atoms with Gasteiger partial charge in [0.25, 0.3) is 0 Å². The van der Waals surface area contributed by atoms with Gasteiger partial charge in [-0.05, 0) is 80.1 Å². The molecule has 1 aliphatic heterocycles. The van der Waals surface area contributed by atoms with E-state index in [-0.39, 0.29) is 11.6 Å². The van der Waals surface area contributed by atoms with E-state index in [1.807, 2.05) is 0 Å². The number of aromatic nitrogens is 2. The number of ether oxygens (including phenoxy) is 1. The summed E-state index contributed by atoms with van der Waals surface area (Å²) in [6, 6.07) is 10.0. The number of fused-ring (bicyclic) bond motifs is 6. The van der Waals surface area contributed by atoms with Crippen molar-refractivity contribution in [2.75, 3.05) is 13.2 Å². The van der Waals surface area contributed by atoms with Gasteiger partial charge in [0.15, 0.2) is 5.75 Å². The molecular weight excluding hydrogens is 408 g/mol. The fourth-order valence-electron chi connectivity index (χ4n) is 5.49. The van der Waals surface area contributed by atoms with Crippen LogP contribution in [0.25, 0.3) is 43.6 Å². The van der Waals surface area contributed by atoms with Crippen molar-refractivity contribution in [1.29, 1.82) is 0 Å². The van der Waals surface area contributed by atoms with Gasteiger partial charge in [-0.1, -0.05) is 0 Å². The maximum atomic E-state index is 14.3. The smallest absolute Gasteiger partial charge is 0.167 e. The van der Waals surface area contributed by atoms with Gasteiger partial charge < -0.3 is 20.0 Å². The van der Waals surface area contributed by atoms with Crippen LogP contribution in [0.3, 0.4) is 0 Å². The van der Waals surface area contributed by atoms with Gasteiger partial charge in [-0.2, -0.15) is 0 Å². The molecule has 1 saturated heterocycles. The maximum Gasteiger partial charge on any atom is 0.167 e. The molecular formula is C26H23F2N3O. The molecule has 2 aromatic heterocycles. The molecule has 5 aromatic rings. The minimum absolute atomic E-state index is 0.261. The number of H-pyrrole nitrogens is 2. The first kappa shape index (κ1) is 18.5. The van der Waals surface area contributed by atoms with Crippen LogP contribution in [-0.4, -0.2) is 29.2 Å². The van der Waals surface area contributed by atoms with E-state index in [2.05, 4.69) is 15.3 Å². The Hall–Kier alpha value is -3.12. The van der Waals surface area contributed by atoms with Gasteiger partial charge in [0.1, 0.15) is 18.2 Å². The van der Waals surface area contributed by atoms with Crippen LogP contribution in [0.5, 0.6) is 5.75 Å². The average molecular weight is 431 g/mol. The van der Waals surface area contributed by atoms with Gasteiger partial charge in [-0.3, -0.25) is 0 Å². The molecule has 32 heavy (non-hydrogen) atoms. The lowest BCUT2D eigenvalue weighted by atomic mass is 9.96. The molecule has 0 spiro atoms. The number of rotatable bonds is 4. The second-order valence-electron chi connectivity index (χ2n) is 9.25. The van der Waals surface area contributed by atoms with Crippen molar-refractivity contribution in [3.05, 3.63) is 53.6 Å². The van der Waals surface area contributed by atoms with Crippen molar-refractivity contribution >= 4 is 43.6 Å². The Morgan fingerprint density at radius 1 is 0.844 bits per heavy atom. The quantitative estimate of drug-likeness (QED) is 0.315. The molecule has 162 valence electrons. The van der Waals surface area contributed by atoms with E-state index >= 15 is 0 Å². The van der Waals surface area contributed by atoms with Gasteiger partial charge in [0.05, 0.1) is 11.0 Å². The molecule has 1 saturated carbocycles. The van der Waals surface area contributed by atoms with Crippen LogP contribution in [0.2, 0.25) is 0 Å². The largest absolute Gasteiger partial charge is 0.488 e. The molecule has 4 nitrogen and oxygen atoms in total. The summed E-state index contributed by atoms with van der Waals surface area (Å²) in [4.78, 5) is 7.03. The Balaban J connectivity index is 1.61. The molecule has 1 atom stereocenters. The first-order chi connectivity index (χ1) is 15.7. The third kappa shape index (κ3) is 2.69. The van der Waals surface area contributed by atoms with Crippen LogP contribution in [0.15, 0.2) is 36.4 Å². The van der Waals surface area contributed by atoms with Crippen molar-refractivity contribution in [2.24, 2.45) is 0 Å². The van der Waals surface area contributed by atoms with Crippen LogP contribution in [-0.2, 0) is 0 Å². The second-order valence-corrected chi connectivity index (χ2v) is 9.25. The molecule has 0 radical (unpaired) electrons. The third-order valence-electron chi connectivity index (χ3n) is 7.09. The second kappa shape index (κ2) is 6.69. The molecule has 3 N–H and O–H groups in total. The molecule has 1 aliphatic carbocycles. The van der Waals surface area contributed by atoms with E-state index < -0.39 is 0 Å². The van der Waals surface area contributed by atoms with Gasteiger partial charge in [0, 0.05) is 38.6 Å². The van der Waals surface area contributed by atoms with E-state index in [1.54, 1.807) is 24.3 Å². The summed E-state index contributed by atoms with van der Waals surface area (Å²) in [5.41, 5.74) is 4.73. The van der Waals surface area contributed by atoms with E-state index in [1.165, 1.54) is 17.7 Å². The Labute approximate surface area is 182 Å². The zero-order valence-corrected chi connectivity index (χ0v) is 17.5. The molecule has 0 bridgehead atoms. The van der Waals surface area contributed by atoms with E-state index in [0.29, 0.717) is 18.6 Å². The summed E-state index contributed by atoms with van der Waals surface area (Å²) in [5, 5.41) is 7.22. The molecule has 3 aromatic carbocycles. The summed E-state index contributed by atoms with van der Waals surface area (Å²) in [7, 11) is 0. The van der Waals surface area contributed by atoms with Crippen molar-refractivity contribution in [1.82, 2.24) is 15.3 Å². The van der Waals surface area contributed by atoms with Gasteiger partial charge in [0.2, 0.25) is 0 Å². The highest BCUT2D eigenvalue weighted by Gasteiger charge is 2.33. The standard InChI is InChI=1S/C26H23F2N3O/c27-14-5-7-19-17(10-14)22-21(13-3-4-13)23-18-11-15(28)6-8-20(18)31-25(23)26(24(22)30-19)32-12-16-2-1-9-29-16/h5-8,10-11,13,16,29-31H,1-4,9,12H2. The van der Waals surface area contributed by atoms with Crippen molar-refractivity contribution in [3.63, 3.8) is 0 Å². The lowest BCUT2D eigenvalue weighted by molar-refractivity contribution is 0.282. The highest BCUT2D eigenvalue weighted by Crippen LogP contribution is 2.52. The number of hydrogen-bond donors (Lipinski definition) is 3. The van der Waals surface area contributed by atoms with Gasteiger partial charge in [-0.25, -0.2) is 8.78 Å². The first-order valence-corrected chi connectivity index (χ1v) is 11.4. The lowest BCUT2D eigenvalue weighted by Gasteiger charge is -2.16.